The first-order valence-corrected chi connectivity index (χ1v) is 12.7. The summed E-state index contributed by atoms with van der Waals surface area (Å²) in [6.07, 6.45) is 11.6. The smallest absolute Gasteiger partial charge is 0.288 e. The van der Waals surface area contributed by atoms with Gasteiger partial charge in [-0.15, -0.1) is 3.63 Å². The zero-order chi connectivity index (χ0) is 20.1. The Morgan fingerprint density at radius 2 is 1.27 bits per heavy atom. The molecule has 0 aliphatic rings. The van der Waals surface area contributed by atoms with Crippen LogP contribution in [0.4, 0.5) is 0 Å². The van der Waals surface area contributed by atoms with E-state index in [9.17, 15) is 16.8 Å². The number of hydrogen-bond acceptors (Lipinski definition) is 7. The van der Waals surface area contributed by atoms with E-state index in [2.05, 4.69) is 10.6 Å². The lowest BCUT2D eigenvalue weighted by Crippen LogP contribution is -2.45. The van der Waals surface area contributed by atoms with Gasteiger partial charge in [0.25, 0.3) is 20.2 Å². The molecule has 0 saturated carbocycles. The van der Waals surface area contributed by atoms with E-state index in [1.54, 1.807) is 0 Å². The molecule has 0 aliphatic carbocycles. The Labute approximate surface area is 160 Å². The molecule has 0 heterocycles. The molecule has 0 radical (unpaired) electrons. The molecule has 1 unspecified atom stereocenters. The predicted octanol–water partition coefficient (Wildman–Crippen LogP) is 2.65. The Kier molecular flexibility index (Phi) is 12.9. The van der Waals surface area contributed by atoms with Gasteiger partial charge in [0.1, 0.15) is 4.75 Å². The third kappa shape index (κ3) is 10.2. The topological polar surface area (TPSA) is 130 Å². The Morgan fingerprint density at radius 3 is 1.69 bits per heavy atom. The zero-order valence-electron chi connectivity index (χ0n) is 16.4. The van der Waals surface area contributed by atoms with Gasteiger partial charge in [-0.05, 0) is 13.3 Å². The van der Waals surface area contributed by atoms with Crippen molar-refractivity contribution < 1.29 is 20.5 Å². The molecule has 7 nitrogen and oxygen atoms in total. The van der Waals surface area contributed by atoms with E-state index in [0.29, 0.717) is 6.42 Å². The minimum Gasteiger partial charge on any atom is -0.329 e. The molecule has 0 aliphatic heterocycles. The maximum absolute atomic E-state index is 12.3. The molecule has 9 heteroatoms. The van der Waals surface area contributed by atoms with Crippen LogP contribution in [-0.4, -0.2) is 40.4 Å². The van der Waals surface area contributed by atoms with Crippen molar-refractivity contribution in [1.82, 2.24) is 0 Å². The van der Waals surface area contributed by atoms with Gasteiger partial charge < -0.3 is 11.5 Å². The van der Waals surface area contributed by atoms with Gasteiger partial charge in [-0.2, -0.15) is 16.8 Å². The van der Waals surface area contributed by atoms with Gasteiger partial charge in [0.05, 0.1) is 5.75 Å². The summed E-state index contributed by atoms with van der Waals surface area (Å²) in [6, 6.07) is 0. The fourth-order valence-electron chi connectivity index (χ4n) is 2.71. The standard InChI is InChI=1S/C17H38N2O5S2/c1-3-4-5-6-7-8-9-10-11-12-13-17(2,16-19)26(22,23)24-25(20,21)15-14-18/h3-16,18-19H2,1-2H3. The molecule has 1 atom stereocenters. The number of hydrogen-bond donors (Lipinski definition) is 2. The highest BCUT2D eigenvalue weighted by atomic mass is 32.3. The lowest BCUT2D eigenvalue weighted by molar-refractivity contribution is 0.410. The van der Waals surface area contributed by atoms with Crippen LogP contribution < -0.4 is 11.5 Å². The van der Waals surface area contributed by atoms with Gasteiger partial charge in [0, 0.05) is 13.1 Å². The van der Waals surface area contributed by atoms with Crippen molar-refractivity contribution in [3.63, 3.8) is 0 Å². The summed E-state index contributed by atoms with van der Waals surface area (Å²) in [5.41, 5.74) is 10.8. The Bertz CT molecular complexity index is 564. The van der Waals surface area contributed by atoms with E-state index in [-0.39, 0.29) is 19.5 Å². The first kappa shape index (κ1) is 25.8. The fraction of sp³-hybridized carbons (Fsp3) is 1.00. The van der Waals surface area contributed by atoms with Crippen LogP contribution >= 0.6 is 0 Å². The number of rotatable bonds is 17. The van der Waals surface area contributed by atoms with Crippen LogP contribution in [0.15, 0.2) is 0 Å². The molecule has 4 N–H and O–H groups in total. The van der Waals surface area contributed by atoms with E-state index in [1.165, 1.54) is 45.4 Å². The van der Waals surface area contributed by atoms with Crippen LogP contribution in [-0.2, 0) is 23.9 Å². The summed E-state index contributed by atoms with van der Waals surface area (Å²) in [5, 5.41) is 0. The van der Waals surface area contributed by atoms with Gasteiger partial charge in [0.2, 0.25) is 0 Å². The predicted molar refractivity (Wildman–Crippen MR) is 107 cm³/mol. The molecule has 0 amide bonds. The van der Waals surface area contributed by atoms with Crippen molar-refractivity contribution in [3.8, 4) is 0 Å². The average molecular weight is 415 g/mol. The Balaban J connectivity index is 4.26. The summed E-state index contributed by atoms with van der Waals surface area (Å²) in [6.45, 7) is 3.25. The second-order valence-electron chi connectivity index (χ2n) is 7.16. The van der Waals surface area contributed by atoms with Gasteiger partial charge in [-0.25, -0.2) is 0 Å². The third-order valence-electron chi connectivity index (χ3n) is 4.66. The minimum absolute atomic E-state index is 0.190. The van der Waals surface area contributed by atoms with E-state index in [1.807, 2.05) is 0 Å². The van der Waals surface area contributed by atoms with Crippen molar-refractivity contribution >= 4 is 20.2 Å². The van der Waals surface area contributed by atoms with Crippen molar-refractivity contribution in [2.75, 3.05) is 18.8 Å². The molecule has 0 spiro atoms. The molecule has 158 valence electrons. The van der Waals surface area contributed by atoms with E-state index in [4.69, 9.17) is 11.5 Å². The summed E-state index contributed by atoms with van der Waals surface area (Å²) in [4.78, 5) is 0. The van der Waals surface area contributed by atoms with Crippen LogP contribution in [0.2, 0.25) is 0 Å². The molecule has 0 aromatic heterocycles. The van der Waals surface area contributed by atoms with Gasteiger partial charge >= 0.3 is 0 Å². The van der Waals surface area contributed by atoms with Crippen molar-refractivity contribution in [2.24, 2.45) is 11.5 Å². The molecule has 0 rings (SSSR count). The van der Waals surface area contributed by atoms with Crippen molar-refractivity contribution in [2.45, 2.75) is 89.2 Å². The second-order valence-corrected chi connectivity index (χ2v) is 11.1. The molecule has 0 aromatic carbocycles. The Hall–Kier alpha value is -0.220. The van der Waals surface area contributed by atoms with E-state index in [0.717, 1.165) is 19.3 Å². The highest BCUT2D eigenvalue weighted by Gasteiger charge is 2.41. The summed E-state index contributed by atoms with van der Waals surface area (Å²) in [7, 11) is -8.53. The van der Waals surface area contributed by atoms with Crippen LogP contribution in [0.3, 0.4) is 0 Å². The molecular weight excluding hydrogens is 376 g/mol. The van der Waals surface area contributed by atoms with Crippen LogP contribution in [0.5, 0.6) is 0 Å². The summed E-state index contributed by atoms with van der Waals surface area (Å²) < 4.78 is 51.0. The molecule has 0 fully saturated rings. The SMILES string of the molecule is CCCCCCCCCCCCC(C)(CN)S(=O)(=O)OS(=O)(=O)CCN. The normalized spacial score (nSPS) is 15.1. The quantitative estimate of drug-likeness (QED) is 0.350. The van der Waals surface area contributed by atoms with Crippen LogP contribution in [0, 0.1) is 0 Å². The molecular formula is C17H38N2O5S2. The number of unbranched alkanes of at least 4 members (excludes halogenated alkanes) is 9. The fourth-order valence-corrected chi connectivity index (χ4v) is 5.62. The molecule has 0 bridgehead atoms. The first-order valence-electron chi connectivity index (χ1n) is 9.72. The van der Waals surface area contributed by atoms with E-state index >= 15 is 0 Å². The summed E-state index contributed by atoms with van der Waals surface area (Å²) in [5.74, 6) is -0.537. The monoisotopic (exact) mass is 414 g/mol. The van der Waals surface area contributed by atoms with Gasteiger partial charge in [-0.3, -0.25) is 0 Å². The van der Waals surface area contributed by atoms with Gasteiger partial charge in [0.15, 0.2) is 0 Å². The maximum Gasteiger partial charge on any atom is 0.288 e. The molecule has 0 aromatic rings. The largest absolute Gasteiger partial charge is 0.329 e. The van der Waals surface area contributed by atoms with Crippen LogP contribution in [0.1, 0.15) is 84.5 Å². The molecule has 0 saturated heterocycles. The third-order valence-corrected chi connectivity index (χ3v) is 8.52. The maximum atomic E-state index is 12.3. The number of nitrogens with two attached hydrogens (primary N) is 2. The van der Waals surface area contributed by atoms with Crippen molar-refractivity contribution in [1.29, 1.82) is 0 Å². The van der Waals surface area contributed by atoms with Gasteiger partial charge in [-0.1, -0.05) is 71.1 Å². The minimum atomic E-state index is -4.33. The molecule has 26 heavy (non-hydrogen) atoms. The van der Waals surface area contributed by atoms with E-state index < -0.39 is 30.7 Å². The Morgan fingerprint density at radius 1 is 0.808 bits per heavy atom. The zero-order valence-corrected chi connectivity index (χ0v) is 18.0. The highest BCUT2D eigenvalue weighted by molar-refractivity contribution is 8.00. The lowest BCUT2D eigenvalue weighted by Gasteiger charge is -2.26. The average Bonchev–Trinajstić information content (AvgIpc) is 2.55. The lowest BCUT2D eigenvalue weighted by atomic mass is 10.0. The first-order chi connectivity index (χ1) is 12.1. The highest BCUT2D eigenvalue weighted by Crippen LogP contribution is 2.27. The second kappa shape index (κ2) is 13.0. The van der Waals surface area contributed by atoms with Crippen LogP contribution in [0.25, 0.3) is 0 Å². The summed E-state index contributed by atoms with van der Waals surface area (Å²) >= 11 is 0. The van der Waals surface area contributed by atoms with Crippen molar-refractivity contribution in [3.05, 3.63) is 0 Å².